The number of nitrogens with one attached hydrogen (secondary N) is 1. The zero-order chi connectivity index (χ0) is 18.6. The lowest BCUT2D eigenvalue weighted by Crippen LogP contribution is -2.50. The maximum absolute atomic E-state index is 12.6. The first-order valence-electron chi connectivity index (χ1n) is 9.41. The molecule has 142 valence electrons. The predicted molar refractivity (Wildman–Crippen MR) is 98.2 cm³/mol. The molecule has 0 aromatic heterocycles. The van der Waals surface area contributed by atoms with E-state index in [9.17, 15) is 9.59 Å². The topological polar surface area (TPSA) is 78.9 Å². The molecule has 0 radical (unpaired) electrons. The summed E-state index contributed by atoms with van der Waals surface area (Å²) < 4.78 is 5.56. The van der Waals surface area contributed by atoms with Gasteiger partial charge in [0.05, 0.1) is 5.92 Å². The zero-order valence-electron chi connectivity index (χ0n) is 15.4. The maximum Gasteiger partial charge on any atom is 0.317 e. The number of aliphatic carboxylic acids is 1. The van der Waals surface area contributed by atoms with Crippen LogP contribution in [0.2, 0.25) is 0 Å². The smallest absolute Gasteiger partial charge is 0.317 e. The van der Waals surface area contributed by atoms with Crippen LogP contribution in [0, 0.1) is 12.8 Å². The summed E-state index contributed by atoms with van der Waals surface area (Å²) in [5, 5.41) is 12.2. The highest BCUT2D eigenvalue weighted by Crippen LogP contribution is 2.36. The van der Waals surface area contributed by atoms with E-state index in [4.69, 9.17) is 9.84 Å². The fraction of sp³-hybridized carbons (Fsp3) is 0.600. The molecular weight excluding hydrogens is 332 g/mol. The Hall–Kier alpha value is -2.08. The van der Waals surface area contributed by atoms with Gasteiger partial charge >= 0.3 is 12.0 Å². The quantitative estimate of drug-likeness (QED) is 0.865. The van der Waals surface area contributed by atoms with Crippen molar-refractivity contribution in [2.75, 3.05) is 32.8 Å². The van der Waals surface area contributed by atoms with Crippen molar-refractivity contribution in [3.63, 3.8) is 0 Å². The van der Waals surface area contributed by atoms with Crippen LogP contribution in [0.5, 0.6) is 0 Å². The number of urea groups is 1. The maximum atomic E-state index is 12.6. The van der Waals surface area contributed by atoms with Gasteiger partial charge < -0.3 is 20.1 Å². The summed E-state index contributed by atoms with van der Waals surface area (Å²) in [5.74, 6) is -1.08. The Kier molecular flexibility index (Phi) is 5.81. The fourth-order valence-corrected chi connectivity index (χ4v) is 4.16. The third-order valence-corrected chi connectivity index (χ3v) is 5.88. The van der Waals surface area contributed by atoms with Crippen LogP contribution in [0.3, 0.4) is 0 Å². The molecule has 1 aromatic rings. The van der Waals surface area contributed by atoms with E-state index in [1.165, 1.54) is 11.1 Å². The molecule has 0 aliphatic carbocycles. The summed E-state index contributed by atoms with van der Waals surface area (Å²) in [4.78, 5) is 25.4. The number of nitrogens with zero attached hydrogens (tertiary/aromatic N) is 1. The van der Waals surface area contributed by atoms with Gasteiger partial charge in [-0.15, -0.1) is 0 Å². The van der Waals surface area contributed by atoms with E-state index in [1.807, 2.05) is 6.07 Å². The summed E-state index contributed by atoms with van der Waals surface area (Å²) in [5.41, 5.74) is 2.43. The highest BCUT2D eigenvalue weighted by molar-refractivity contribution is 5.75. The van der Waals surface area contributed by atoms with E-state index in [0.717, 1.165) is 12.8 Å². The van der Waals surface area contributed by atoms with Crippen LogP contribution in [0.4, 0.5) is 4.79 Å². The summed E-state index contributed by atoms with van der Waals surface area (Å²) in [6.07, 6.45) is 2.83. The van der Waals surface area contributed by atoms with Crippen molar-refractivity contribution in [2.24, 2.45) is 5.92 Å². The average Bonchev–Trinajstić information content (AvgIpc) is 2.67. The van der Waals surface area contributed by atoms with Crippen LogP contribution in [0.1, 0.15) is 36.8 Å². The van der Waals surface area contributed by atoms with Gasteiger partial charge in [0.1, 0.15) is 0 Å². The number of hydrogen-bond donors (Lipinski definition) is 2. The van der Waals surface area contributed by atoms with Crippen molar-refractivity contribution >= 4 is 12.0 Å². The highest BCUT2D eigenvalue weighted by Gasteiger charge is 2.36. The largest absolute Gasteiger partial charge is 0.481 e. The summed E-state index contributed by atoms with van der Waals surface area (Å²) >= 11 is 0. The number of likely N-dealkylation sites (tertiary alicyclic amines) is 1. The first-order valence-corrected chi connectivity index (χ1v) is 9.41. The number of rotatable bonds is 4. The van der Waals surface area contributed by atoms with Crippen LogP contribution in [0.25, 0.3) is 0 Å². The van der Waals surface area contributed by atoms with Gasteiger partial charge in [-0.1, -0.05) is 24.3 Å². The van der Waals surface area contributed by atoms with E-state index in [1.54, 1.807) is 4.90 Å². The molecule has 6 nitrogen and oxygen atoms in total. The highest BCUT2D eigenvalue weighted by atomic mass is 16.5. The Bertz CT molecular complexity index is 647. The Morgan fingerprint density at radius 2 is 1.88 bits per heavy atom. The Morgan fingerprint density at radius 1 is 1.23 bits per heavy atom. The molecule has 2 aliphatic rings. The third-order valence-electron chi connectivity index (χ3n) is 5.88. The molecule has 2 aliphatic heterocycles. The lowest BCUT2D eigenvalue weighted by atomic mass is 9.72. The number of aryl methyl sites for hydroxylation is 1. The molecule has 0 unspecified atom stereocenters. The monoisotopic (exact) mass is 360 g/mol. The second-order valence-corrected chi connectivity index (χ2v) is 7.47. The molecule has 0 bridgehead atoms. The van der Waals surface area contributed by atoms with Crippen molar-refractivity contribution in [3.05, 3.63) is 35.4 Å². The van der Waals surface area contributed by atoms with Crippen molar-refractivity contribution in [2.45, 2.75) is 38.0 Å². The molecule has 0 saturated carbocycles. The molecule has 3 rings (SSSR count). The van der Waals surface area contributed by atoms with E-state index >= 15 is 0 Å². The number of carboxylic acid groups (broad SMARTS) is 1. The van der Waals surface area contributed by atoms with Gasteiger partial charge in [-0.25, -0.2) is 4.79 Å². The van der Waals surface area contributed by atoms with Gasteiger partial charge in [-0.3, -0.25) is 4.79 Å². The number of benzene rings is 1. The standard InChI is InChI=1S/C20H28N2O4/c1-15-4-2-3-5-17(15)20(8-12-26-13-9-20)14-21-19(25)22-10-6-16(7-11-22)18(23)24/h2-5,16H,6-14H2,1H3,(H,21,25)(H,23,24). The Labute approximate surface area is 154 Å². The van der Waals surface area contributed by atoms with Crippen LogP contribution in [-0.4, -0.2) is 54.9 Å². The number of amides is 2. The first kappa shape index (κ1) is 18.7. The molecule has 1 aromatic carbocycles. The van der Waals surface area contributed by atoms with Gasteiger partial charge in [-0.05, 0) is 43.7 Å². The van der Waals surface area contributed by atoms with Crippen molar-refractivity contribution < 1.29 is 19.4 Å². The van der Waals surface area contributed by atoms with Crippen molar-refractivity contribution in [1.29, 1.82) is 0 Å². The normalized spacial score (nSPS) is 20.6. The Morgan fingerprint density at radius 3 is 2.50 bits per heavy atom. The van der Waals surface area contributed by atoms with Gasteiger partial charge in [0, 0.05) is 38.3 Å². The van der Waals surface area contributed by atoms with Crippen molar-refractivity contribution in [1.82, 2.24) is 10.2 Å². The molecule has 2 fully saturated rings. The molecule has 0 spiro atoms. The van der Waals surface area contributed by atoms with E-state index < -0.39 is 5.97 Å². The minimum absolute atomic E-state index is 0.0895. The van der Waals surface area contributed by atoms with Gasteiger partial charge in [0.2, 0.25) is 0 Å². The average molecular weight is 360 g/mol. The number of carboxylic acids is 1. The second-order valence-electron chi connectivity index (χ2n) is 7.47. The SMILES string of the molecule is Cc1ccccc1C1(CNC(=O)N2CCC(C(=O)O)CC2)CCOCC1. The minimum Gasteiger partial charge on any atom is -0.481 e. The number of piperidine rings is 1. The number of ether oxygens (including phenoxy) is 1. The van der Waals surface area contributed by atoms with Gasteiger partial charge in [0.15, 0.2) is 0 Å². The Balaban J connectivity index is 1.64. The first-order chi connectivity index (χ1) is 12.5. The number of carbonyl (C=O) groups excluding carboxylic acids is 1. The van der Waals surface area contributed by atoms with Crippen molar-refractivity contribution in [3.8, 4) is 0 Å². The molecule has 0 atom stereocenters. The lowest BCUT2D eigenvalue weighted by molar-refractivity contribution is -0.143. The number of carbonyl (C=O) groups is 2. The molecule has 2 saturated heterocycles. The molecule has 6 heteroatoms. The van der Waals surface area contributed by atoms with E-state index in [-0.39, 0.29) is 17.4 Å². The summed E-state index contributed by atoms with van der Waals surface area (Å²) in [6, 6.07) is 8.28. The third kappa shape index (κ3) is 4.01. The van der Waals surface area contributed by atoms with Crippen LogP contribution in [0.15, 0.2) is 24.3 Å². The molecule has 2 N–H and O–H groups in total. The molecular formula is C20H28N2O4. The molecule has 2 heterocycles. The van der Waals surface area contributed by atoms with Crippen LogP contribution < -0.4 is 5.32 Å². The summed E-state index contributed by atoms with van der Waals surface area (Å²) in [6.45, 7) is 5.11. The summed E-state index contributed by atoms with van der Waals surface area (Å²) in [7, 11) is 0. The minimum atomic E-state index is -0.759. The van der Waals surface area contributed by atoms with E-state index in [2.05, 4.69) is 30.4 Å². The van der Waals surface area contributed by atoms with E-state index in [0.29, 0.717) is 45.7 Å². The zero-order valence-corrected chi connectivity index (χ0v) is 15.4. The molecule has 26 heavy (non-hydrogen) atoms. The van der Waals surface area contributed by atoms with Gasteiger partial charge in [-0.2, -0.15) is 0 Å². The lowest BCUT2D eigenvalue weighted by Gasteiger charge is -2.40. The molecule has 2 amide bonds. The fourth-order valence-electron chi connectivity index (χ4n) is 4.16. The van der Waals surface area contributed by atoms with Gasteiger partial charge in [0.25, 0.3) is 0 Å². The van der Waals surface area contributed by atoms with Crippen LogP contribution >= 0.6 is 0 Å². The van der Waals surface area contributed by atoms with Crippen LogP contribution in [-0.2, 0) is 14.9 Å². The number of hydrogen-bond acceptors (Lipinski definition) is 3. The second kappa shape index (κ2) is 8.08. The predicted octanol–water partition coefficient (Wildman–Crippen LogP) is 2.55.